The summed E-state index contributed by atoms with van der Waals surface area (Å²) in [6.45, 7) is 7.35. The lowest BCUT2D eigenvalue weighted by Gasteiger charge is -2.27. The number of fused-ring (bicyclic) bond motifs is 1. The second-order valence-electron chi connectivity index (χ2n) is 8.65. The zero-order valence-electron chi connectivity index (χ0n) is 17.9. The molecule has 3 rings (SSSR count). The van der Waals surface area contributed by atoms with Crippen LogP contribution >= 0.6 is 0 Å². The second kappa shape index (κ2) is 8.86. The van der Waals surface area contributed by atoms with Crippen LogP contribution in [0, 0.1) is 5.82 Å². The van der Waals surface area contributed by atoms with Crippen molar-refractivity contribution >= 4 is 12.0 Å². The number of hydrogen-bond donors (Lipinski definition) is 2. The molecule has 2 aromatic rings. The van der Waals surface area contributed by atoms with E-state index in [0.29, 0.717) is 12.8 Å². The monoisotopic (exact) mass is 412 g/mol. The van der Waals surface area contributed by atoms with E-state index in [1.54, 1.807) is 12.1 Å². The number of ether oxygens (including phenoxy) is 1. The third kappa shape index (κ3) is 5.17. The molecular formula is C24H29FN2O3. The first-order valence-electron chi connectivity index (χ1n) is 10.3. The van der Waals surface area contributed by atoms with Gasteiger partial charge in [0.25, 0.3) is 0 Å². The highest BCUT2D eigenvalue weighted by molar-refractivity contribution is 5.84. The molecule has 0 saturated carbocycles. The van der Waals surface area contributed by atoms with Crippen LogP contribution in [0.4, 0.5) is 9.18 Å². The molecule has 0 saturated heterocycles. The van der Waals surface area contributed by atoms with Gasteiger partial charge in [0.2, 0.25) is 5.91 Å². The van der Waals surface area contributed by atoms with E-state index in [1.807, 2.05) is 52.0 Å². The highest BCUT2D eigenvalue weighted by atomic mass is 19.1. The van der Waals surface area contributed by atoms with Crippen molar-refractivity contribution in [2.45, 2.75) is 64.1 Å². The molecule has 2 aromatic carbocycles. The fraction of sp³-hybridized carbons (Fsp3) is 0.417. The Bertz CT molecular complexity index is 905. The Labute approximate surface area is 177 Å². The molecule has 1 aliphatic rings. The van der Waals surface area contributed by atoms with Crippen molar-refractivity contribution < 1.29 is 18.7 Å². The van der Waals surface area contributed by atoms with Gasteiger partial charge in [0.1, 0.15) is 11.4 Å². The fourth-order valence-corrected chi connectivity index (χ4v) is 3.89. The Morgan fingerprint density at radius 1 is 1.10 bits per heavy atom. The van der Waals surface area contributed by atoms with Gasteiger partial charge in [-0.25, -0.2) is 9.18 Å². The summed E-state index contributed by atoms with van der Waals surface area (Å²) in [5.74, 6) is -0.865. The van der Waals surface area contributed by atoms with E-state index in [-0.39, 0.29) is 23.8 Å². The summed E-state index contributed by atoms with van der Waals surface area (Å²) in [7, 11) is 0. The summed E-state index contributed by atoms with van der Waals surface area (Å²) >= 11 is 0. The number of nitrogens with one attached hydrogen (secondary N) is 2. The van der Waals surface area contributed by atoms with E-state index in [4.69, 9.17) is 4.74 Å². The van der Waals surface area contributed by atoms with Crippen LogP contribution in [-0.4, -0.2) is 23.6 Å². The van der Waals surface area contributed by atoms with Gasteiger partial charge in [0, 0.05) is 0 Å². The van der Waals surface area contributed by atoms with Crippen molar-refractivity contribution in [3.05, 3.63) is 71.0 Å². The molecule has 0 spiro atoms. The first-order valence-corrected chi connectivity index (χ1v) is 10.3. The van der Waals surface area contributed by atoms with Crippen LogP contribution in [-0.2, 0) is 16.0 Å². The smallest absolute Gasteiger partial charge is 0.408 e. The molecule has 0 aliphatic heterocycles. The minimum Gasteiger partial charge on any atom is -0.444 e. The van der Waals surface area contributed by atoms with Gasteiger partial charge < -0.3 is 15.4 Å². The predicted molar refractivity (Wildman–Crippen MR) is 114 cm³/mol. The first kappa shape index (κ1) is 21.8. The molecule has 2 N–H and O–H groups in total. The van der Waals surface area contributed by atoms with Gasteiger partial charge in [-0.2, -0.15) is 0 Å². The molecule has 0 unspecified atom stereocenters. The highest BCUT2D eigenvalue weighted by Gasteiger charge is 2.36. The van der Waals surface area contributed by atoms with Crippen LogP contribution in [0.15, 0.2) is 48.5 Å². The van der Waals surface area contributed by atoms with Gasteiger partial charge in [-0.3, -0.25) is 4.79 Å². The van der Waals surface area contributed by atoms with Gasteiger partial charge in [0.05, 0.1) is 18.0 Å². The topological polar surface area (TPSA) is 67.4 Å². The van der Waals surface area contributed by atoms with Crippen LogP contribution in [0.1, 0.15) is 62.8 Å². The van der Waals surface area contributed by atoms with E-state index in [2.05, 4.69) is 10.6 Å². The van der Waals surface area contributed by atoms with E-state index < -0.39 is 17.6 Å². The number of rotatable bonds is 5. The first-order chi connectivity index (χ1) is 14.2. The number of carbonyl (C=O) groups excluding carboxylic acids is 2. The van der Waals surface area contributed by atoms with E-state index in [9.17, 15) is 14.0 Å². The Kier molecular flexibility index (Phi) is 6.44. The predicted octanol–water partition coefficient (Wildman–Crippen LogP) is 4.63. The average Bonchev–Trinajstić information content (AvgIpc) is 2.99. The maximum Gasteiger partial charge on any atom is 0.408 e. The standard InChI is InChI=1S/C24H29FN2O3/c1-5-18(15-10-12-17(25)13-11-15)22(28)26-20-14-16-8-6-7-9-19(16)21(20)27-23(29)30-24(2,3)4/h6-13,18,20-21H,5,14H2,1-4H3,(H,26,28)(H,27,29)/t18-,20-,21-/m0/s1. The lowest BCUT2D eigenvalue weighted by atomic mass is 9.95. The molecule has 160 valence electrons. The minimum absolute atomic E-state index is 0.141. The summed E-state index contributed by atoms with van der Waals surface area (Å²) in [5.41, 5.74) is 2.21. The van der Waals surface area contributed by atoms with Gasteiger partial charge in [-0.15, -0.1) is 0 Å². The molecule has 0 fully saturated rings. The summed E-state index contributed by atoms with van der Waals surface area (Å²) < 4.78 is 18.7. The van der Waals surface area contributed by atoms with Gasteiger partial charge in [0.15, 0.2) is 0 Å². The molecule has 0 heterocycles. The van der Waals surface area contributed by atoms with Crippen LogP contribution in [0.3, 0.4) is 0 Å². The van der Waals surface area contributed by atoms with E-state index in [1.165, 1.54) is 12.1 Å². The van der Waals surface area contributed by atoms with Crippen LogP contribution in [0.2, 0.25) is 0 Å². The number of amides is 2. The molecule has 0 radical (unpaired) electrons. The number of carbonyl (C=O) groups is 2. The summed E-state index contributed by atoms with van der Waals surface area (Å²) in [4.78, 5) is 25.5. The number of hydrogen-bond acceptors (Lipinski definition) is 3. The number of halogens is 1. The Morgan fingerprint density at radius 3 is 2.40 bits per heavy atom. The third-order valence-corrected chi connectivity index (χ3v) is 5.23. The van der Waals surface area contributed by atoms with Crippen LogP contribution < -0.4 is 10.6 Å². The number of benzene rings is 2. The Morgan fingerprint density at radius 2 is 1.77 bits per heavy atom. The molecule has 2 amide bonds. The maximum atomic E-state index is 13.3. The maximum absolute atomic E-state index is 13.3. The molecular weight excluding hydrogens is 383 g/mol. The van der Waals surface area contributed by atoms with Crippen LogP contribution in [0.5, 0.6) is 0 Å². The van der Waals surface area contributed by atoms with Crippen molar-refractivity contribution in [1.82, 2.24) is 10.6 Å². The largest absolute Gasteiger partial charge is 0.444 e. The summed E-state index contributed by atoms with van der Waals surface area (Å²) in [6, 6.07) is 13.2. The molecule has 0 aromatic heterocycles. The molecule has 30 heavy (non-hydrogen) atoms. The molecule has 6 heteroatoms. The average molecular weight is 413 g/mol. The molecule has 3 atom stereocenters. The van der Waals surface area contributed by atoms with E-state index in [0.717, 1.165) is 16.7 Å². The Balaban J connectivity index is 1.78. The van der Waals surface area contributed by atoms with Gasteiger partial charge in [-0.05, 0) is 62.4 Å². The van der Waals surface area contributed by atoms with Gasteiger partial charge >= 0.3 is 6.09 Å². The van der Waals surface area contributed by atoms with Crippen molar-refractivity contribution in [3.8, 4) is 0 Å². The molecule has 0 bridgehead atoms. The van der Waals surface area contributed by atoms with Crippen molar-refractivity contribution in [2.24, 2.45) is 0 Å². The zero-order valence-corrected chi connectivity index (χ0v) is 17.9. The molecule has 5 nitrogen and oxygen atoms in total. The normalized spacial score (nSPS) is 19.0. The third-order valence-electron chi connectivity index (χ3n) is 5.23. The second-order valence-corrected chi connectivity index (χ2v) is 8.65. The summed E-state index contributed by atoms with van der Waals surface area (Å²) in [6.07, 6.45) is 0.679. The SMILES string of the molecule is CC[C@H](C(=O)N[C@H]1Cc2ccccc2[C@@H]1NC(=O)OC(C)(C)C)c1ccc(F)cc1. The van der Waals surface area contributed by atoms with Crippen molar-refractivity contribution in [2.75, 3.05) is 0 Å². The lowest BCUT2D eigenvalue weighted by Crippen LogP contribution is -2.46. The van der Waals surface area contributed by atoms with Crippen molar-refractivity contribution in [1.29, 1.82) is 0 Å². The van der Waals surface area contributed by atoms with Crippen LogP contribution in [0.25, 0.3) is 0 Å². The van der Waals surface area contributed by atoms with E-state index >= 15 is 0 Å². The Hall–Kier alpha value is -2.89. The lowest BCUT2D eigenvalue weighted by molar-refractivity contribution is -0.123. The van der Waals surface area contributed by atoms with Gasteiger partial charge in [-0.1, -0.05) is 43.3 Å². The number of alkyl carbamates (subject to hydrolysis) is 1. The van der Waals surface area contributed by atoms with Crippen molar-refractivity contribution in [3.63, 3.8) is 0 Å². The molecule has 1 aliphatic carbocycles. The fourth-order valence-electron chi connectivity index (χ4n) is 3.89. The zero-order chi connectivity index (χ0) is 21.9. The quantitative estimate of drug-likeness (QED) is 0.753. The highest BCUT2D eigenvalue weighted by Crippen LogP contribution is 2.32. The minimum atomic E-state index is -0.614. The summed E-state index contributed by atoms with van der Waals surface area (Å²) in [5, 5.41) is 6.03.